The van der Waals surface area contributed by atoms with Crippen LogP contribution in [0.2, 0.25) is 5.02 Å². The van der Waals surface area contributed by atoms with Crippen molar-refractivity contribution in [3.8, 4) is 11.4 Å². The van der Waals surface area contributed by atoms with Gasteiger partial charge in [0.15, 0.2) is 0 Å². The molecule has 1 fully saturated rings. The number of aromatic nitrogens is 3. The minimum atomic E-state index is -0.835. The number of aliphatic hydroxyl groups excluding tert-OH is 2. The molecule has 1 aliphatic heterocycles. The molecular weight excluding hydrogens is 540 g/mol. The molecule has 0 saturated carbocycles. The zero-order valence-corrected chi connectivity index (χ0v) is 23.6. The number of hydrogen-bond acceptors (Lipinski definition) is 7. The third kappa shape index (κ3) is 5.54. The largest absolute Gasteiger partial charge is 0.395 e. The molecule has 0 unspecified atom stereocenters. The van der Waals surface area contributed by atoms with Crippen LogP contribution in [0, 0.1) is 6.92 Å². The minimum absolute atomic E-state index is 0.173. The summed E-state index contributed by atoms with van der Waals surface area (Å²) in [5.41, 5.74) is 5.86. The van der Waals surface area contributed by atoms with Gasteiger partial charge in [0, 0.05) is 55.4 Å². The van der Waals surface area contributed by atoms with Crippen LogP contribution in [0.5, 0.6) is 0 Å². The van der Waals surface area contributed by atoms with Crippen LogP contribution in [0.4, 0.5) is 11.4 Å². The zero-order chi connectivity index (χ0) is 28.5. The average Bonchev–Trinajstić information content (AvgIpc) is 3.40. The van der Waals surface area contributed by atoms with Crippen LogP contribution >= 0.6 is 11.6 Å². The molecule has 5 N–H and O–H groups in total. The van der Waals surface area contributed by atoms with E-state index in [1.54, 1.807) is 18.2 Å². The first-order chi connectivity index (χ1) is 19.9. The molecule has 6 rings (SSSR count). The molecule has 0 amide bonds. The van der Waals surface area contributed by atoms with E-state index in [0.29, 0.717) is 39.7 Å². The van der Waals surface area contributed by atoms with E-state index in [9.17, 15) is 15.0 Å². The van der Waals surface area contributed by atoms with Crippen LogP contribution in [0.25, 0.3) is 33.3 Å². The first-order valence-corrected chi connectivity index (χ1v) is 14.2. The molecule has 2 aromatic heterocycles. The number of nitrogens with one attached hydrogen (secondary N) is 3. The Kier molecular flexibility index (Phi) is 7.68. The highest BCUT2D eigenvalue weighted by Gasteiger charge is 2.22. The third-order valence-electron chi connectivity index (χ3n) is 7.78. The number of aryl methyl sites for hydroxylation is 1. The van der Waals surface area contributed by atoms with Gasteiger partial charge in [0.05, 0.1) is 34.9 Å². The van der Waals surface area contributed by atoms with E-state index in [-0.39, 0.29) is 18.7 Å². The number of halogens is 1. The van der Waals surface area contributed by atoms with Crippen molar-refractivity contribution in [1.29, 1.82) is 0 Å². The Hall–Kier alpha value is -3.89. The quantitative estimate of drug-likeness (QED) is 0.188. The van der Waals surface area contributed by atoms with E-state index >= 15 is 0 Å². The Morgan fingerprint density at radius 1 is 1.02 bits per heavy atom. The van der Waals surface area contributed by atoms with Crippen LogP contribution in [0.1, 0.15) is 17.2 Å². The maximum Gasteiger partial charge on any atom is 0.261 e. The van der Waals surface area contributed by atoms with Crippen molar-refractivity contribution < 1.29 is 10.2 Å². The van der Waals surface area contributed by atoms with Crippen molar-refractivity contribution in [2.45, 2.75) is 13.0 Å². The molecule has 3 heterocycles. The highest BCUT2D eigenvalue weighted by molar-refractivity contribution is 6.30. The van der Waals surface area contributed by atoms with E-state index in [2.05, 4.69) is 37.2 Å². The SMILES string of the molecule is Cc1cc(N2CCN(CCO)CC2)cc2[nH]c(-c3c(NC[C@H](O)c4cccc(Cl)c4)c4ccccc4[nH]c3=O)nc12. The maximum atomic E-state index is 13.5. The first-order valence-electron chi connectivity index (χ1n) is 13.8. The number of para-hydroxylation sites is 1. The van der Waals surface area contributed by atoms with E-state index in [4.69, 9.17) is 16.6 Å². The summed E-state index contributed by atoms with van der Waals surface area (Å²) in [4.78, 5) is 29.4. The van der Waals surface area contributed by atoms with Crippen molar-refractivity contribution in [3.05, 3.63) is 87.2 Å². The standard InChI is InChI=1S/C31H33ClN6O3/c1-19-15-22(38-11-9-37(10-12-38)13-14-39)17-25-28(19)36-30(34-25)27-29(23-7-2-3-8-24(23)35-31(27)41)33-18-26(40)20-5-4-6-21(32)16-20/h2-8,15-17,26,39-40H,9-14,18H2,1H3,(H,34,36)(H2,33,35,41)/t26-/m0/s1. The molecule has 10 heteroatoms. The summed E-state index contributed by atoms with van der Waals surface area (Å²) in [6, 6.07) is 18.9. The van der Waals surface area contributed by atoms with Crippen LogP contribution < -0.4 is 15.8 Å². The second-order valence-corrected chi connectivity index (χ2v) is 10.9. The number of aliphatic hydroxyl groups is 2. The topological polar surface area (TPSA) is 121 Å². The van der Waals surface area contributed by atoms with Gasteiger partial charge in [0.2, 0.25) is 0 Å². The number of hydrogen-bond donors (Lipinski definition) is 5. The van der Waals surface area contributed by atoms with Gasteiger partial charge < -0.3 is 30.4 Å². The van der Waals surface area contributed by atoms with Gasteiger partial charge in [-0.05, 0) is 48.4 Å². The van der Waals surface area contributed by atoms with Gasteiger partial charge in [0.1, 0.15) is 11.4 Å². The number of piperazine rings is 1. The highest BCUT2D eigenvalue weighted by atomic mass is 35.5. The van der Waals surface area contributed by atoms with E-state index in [0.717, 1.165) is 53.8 Å². The second kappa shape index (κ2) is 11.5. The molecule has 0 spiro atoms. The fourth-order valence-corrected chi connectivity index (χ4v) is 5.83. The van der Waals surface area contributed by atoms with E-state index in [1.807, 2.05) is 37.3 Å². The summed E-state index contributed by atoms with van der Waals surface area (Å²) in [7, 11) is 0. The van der Waals surface area contributed by atoms with Gasteiger partial charge in [0.25, 0.3) is 5.56 Å². The summed E-state index contributed by atoms with van der Waals surface area (Å²) < 4.78 is 0. The predicted octanol–water partition coefficient (Wildman–Crippen LogP) is 4.29. The van der Waals surface area contributed by atoms with Gasteiger partial charge >= 0.3 is 0 Å². The predicted molar refractivity (Wildman–Crippen MR) is 165 cm³/mol. The third-order valence-corrected chi connectivity index (χ3v) is 8.01. The maximum absolute atomic E-state index is 13.5. The fraction of sp³-hybridized carbons (Fsp3) is 0.290. The summed E-state index contributed by atoms with van der Waals surface area (Å²) in [5, 5.41) is 24.9. The van der Waals surface area contributed by atoms with Crippen LogP contribution in [-0.2, 0) is 0 Å². The second-order valence-electron chi connectivity index (χ2n) is 10.5. The number of β-amino-alcohol motifs (C(OH)–C–C–N with tert-alkyl or cyclic N) is 1. The van der Waals surface area contributed by atoms with Crippen LogP contribution in [0.3, 0.4) is 0 Å². The first kappa shape index (κ1) is 27.3. The molecule has 3 aromatic carbocycles. The lowest BCUT2D eigenvalue weighted by Gasteiger charge is -2.35. The number of benzene rings is 3. The number of nitrogens with zero attached hydrogens (tertiary/aromatic N) is 3. The van der Waals surface area contributed by atoms with Gasteiger partial charge in [-0.2, -0.15) is 0 Å². The molecule has 1 atom stereocenters. The monoisotopic (exact) mass is 572 g/mol. The summed E-state index contributed by atoms with van der Waals surface area (Å²) in [6.07, 6.45) is -0.835. The normalized spacial score (nSPS) is 15.1. The summed E-state index contributed by atoms with van der Waals surface area (Å²) in [6.45, 7) is 6.62. The molecule has 212 valence electrons. The molecular formula is C31H33ClN6O3. The van der Waals surface area contributed by atoms with Gasteiger partial charge in [-0.1, -0.05) is 41.9 Å². The Morgan fingerprint density at radius 2 is 1.83 bits per heavy atom. The van der Waals surface area contributed by atoms with E-state index < -0.39 is 6.10 Å². The van der Waals surface area contributed by atoms with Crippen molar-refractivity contribution in [3.63, 3.8) is 0 Å². The fourth-order valence-electron chi connectivity index (χ4n) is 5.63. The lowest BCUT2D eigenvalue weighted by Crippen LogP contribution is -2.47. The number of imidazole rings is 1. The smallest absolute Gasteiger partial charge is 0.261 e. The molecule has 1 aliphatic rings. The Bertz CT molecular complexity index is 1760. The number of anilines is 2. The van der Waals surface area contributed by atoms with Crippen LogP contribution in [-0.4, -0.2) is 75.9 Å². The molecule has 41 heavy (non-hydrogen) atoms. The molecule has 0 radical (unpaired) electrons. The number of fused-ring (bicyclic) bond motifs is 2. The number of H-pyrrole nitrogens is 2. The average molecular weight is 573 g/mol. The lowest BCUT2D eigenvalue weighted by atomic mass is 10.1. The van der Waals surface area contributed by atoms with Crippen molar-refractivity contribution in [2.75, 3.05) is 56.1 Å². The molecule has 1 saturated heterocycles. The molecule has 5 aromatic rings. The summed E-state index contributed by atoms with van der Waals surface area (Å²) >= 11 is 6.14. The van der Waals surface area contributed by atoms with Crippen molar-refractivity contribution >= 4 is 44.9 Å². The highest BCUT2D eigenvalue weighted by Crippen LogP contribution is 2.33. The Labute approximate surface area is 242 Å². The number of aromatic amines is 2. The van der Waals surface area contributed by atoms with Crippen LogP contribution in [0.15, 0.2) is 65.5 Å². The lowest BCUT2D eigenvalue weighted by molar-refractivity contribution is 0.189. The Balaban J connectivity index is 1.37. The zero-order valence-electron chi connectivity index (χ0n) is 22.8. The van der Waals surface area contributed by atoms with E-state index in [1.165, 1.54) is 0 Å². The molecule has 0 bridgehead atoms. The number of pyridine rings is 1. The molecule has 0 aliphatic carbocycles. The Morgan fingerprint density at radius 3 is 2.61 bits per heavy atom. The molecule has 9 nitrogen and oxygen atoms in total. The minimum Gasteiger partial charge on any atom is -0.395 e. The van der Waals surface area contributed by atoms with Gasteiger partial charge in [-0.3, -0.25) is 9.69 Å². The van der Waals surface area contributed by atoms with Crippen molar-refractivity contribution in [2.24, 2.45) is 0 Å². The summed E-state index contributed by atoms with van der Waals surface area (Å²) in [5.74, 6) is 0.458. The van der Waals surface area contributed by atoms with Crippen molar-refractivity contribution in [1.82, 2.24) is 19.9 Å². The van der Waals surface area contributed by atoms with Gasteiger partial charge in [-0.25, -0.2) is 4.98 Å². The van der Waals surface area contributed by atoms with Gasteiger partial charge in [-0.15, -0.1) is 0 Å². The number of rotatable bonds is 8.